The van der Waals surface area contributed by atoms with Crippen molar-refractivity contribution in [1.82, 2.24) is 0 Å². The minimum absolute atomic E-state index is 0.288. The molecule has 0 bridgehead atoms. The van der Waals surface area contributed by atoms with E-state index in [1.807, 2.05) is 30.3 Å². The van der Waals surface area contributed by atoms with Crippen molar-refractivity contribution < 1.29 is 4.79 Å². The number of amides is 1. The maximum atomic E-state index is 10.9. The highest BCUT2D eigenvalue weighted by Gasteiger charge is 2.04. The zero-order valence-electron chi connectivity index (χ0n) is 8.66. The van der Waals surface area contributed by atoms with E-state index >= 15 is 0 Å². The maximum absolute atomic E-state index is 10.9. The van der Waals surface area contributed by atoms with Crippen molar-refractivity contribution in [2.24, 2.45) is 5.73 Å². The van der Waals surface area contributed by atoms with Gasteiger partial charge in [0.05, 0.1) is 6.42 Å². The number of benzene rings is 2. The molecule has 0 spiro atoms. The molecule has 1 amide bonds. The maximum Gasteiger partial charge on any atom is 0.221 e. The zero-order chi connectivity index (χ0) is 10.8. The molecular weight excluding hydrogens is 186 g/mol. The van der Waals surface area contributed by atoms with Gasteiger partial charge in [-0.25, -0.2) is 0 Å². The van der Waals surface area contributed by atoms with Gasteiger partial charge < -0.3 is 5.73 Å². The summed E-state index contributed by atoms with van der Waals surface area (Å²) in [5.41, 5.74) is 7.44. The molecule has 15 heavy (non-hydrogen) atoms. The number of hydrogen-bond acceptors (Lipinski definition) is 1. The van der Waals surface area contributed by atoms with Gasteiger partial charge in [-0.05, 0) is 28.8 Å². The van der Waals surface area contributed by atoms with Crippen molar-refractivity contribution in [2.75, 3.05) is 0 Å². The number of rotatable bonds is 2. The first kappa shape index (κ1) is 9.71. The van der Waals surface area contributed by atoms with Gasteiger partial charge in [-0.1, -0.05) is 36.4 Å². The van der Waals surface area contributed by atoms with Crippen LogP contribution in [0, 0.1) is 6.92 Å². The van der Waals surface area contributed by atoms with E-state index in [1.165, 1.54) is 10.9 Å². The Kier molecular flexibility index (Phi) is 2.42. The summed E-state index contributed by atoms with van der Waals surface area (Å²) in [6.07, 6.45) is 0.306. The third kappa shape index (κ3) is 1.84. The van der Waals surface area contributed by atoms with Gasteiger partial charge in [-0.15, -0.1) is 0 Å². The second kappa shape index (κ2) is 3.73. The average Bonchev–Trinajstić information content (AvgIpc) is 2.22. The summed E-state index contributed by atoms with van der Waals surface area (Å²) in [5.74, 6) is -0.288. The molecule has 0 aliphatic heterocycles. The third-order valence-corrected chi connectivity index (χ3v) is 2.60. The quantitative estimate of drug-likeness (QED) is 0.791. The first-order chi connectivity index (χ1) is 7.18. The first-order valence-corrected chi connectivity index (χ1v) is 4.94. The standard InChI is InChI=1S/C13H13NO/c1-9-6-7-10(8-13(14)15)12-5-3-2-4-11(9)12/h2-7H,8H2,1H3,(H2,14,15). The molecule has 0 radical (unpaired) electrons. The van der Waals surface area contributed by atoms with E-state index in [9.17, 15) is 4.79 Å². The fourth-order valence-electron chi connectivity index (χ4n) is 1.85. The number of fused-ring (bicyclic) bond motifs is 1. The van der Waals surface area contributed by atoms with Crippen molar-refractivity contribution in [3.05, 3.63) is 47.5 Å². The van der Waals surface area contributed by atoms with Gasteiger partial charge >= 0.3 is 0 Å². The van der Waals surface area contributed by atoms with Gasteiger partial charge in [0, 0.05) is 0 Å². The van der Waals surface area contributed by atoms with Crippen LogP contribution in [0.15, 0.2) is 36.4 Å². The number of aryl methyl sites for hydroxylation is 1. The van der Waals surface area contributed by atoms with Gasteiger partial charge in [0.15, 0.2) is 0 Å². The lowest BCUT2D eigenvalue weighted by Crippen LogP contribution is -2.13. The van der Waals surface area contributed by atoms with E-state index in [-0.39, 0.29) is 5.91 Å². The van der Waals surface area contributed by atoms with Crippen molar-refractivity contribution in [2.45, 2.75) is 13.3 Å². The first-order valence-electron chi connectivity index (χ1n) is 4.94. The second-order valence-electron chi connectivity index (χ2n) is 3.73. The summed E-state index contributed by atoms with van der Waals surface area (Å²) in [6.45, 7) is 2.07. The fraction of sp³-hybridized carbons (Fsp3) is 0.154. The fourth-order valence-corrected chi connectivity index (χ4v) is 1.85. The van der Waals surface area contributed by atoms with Crippen LogP contribution in [0.4, 0.5) is 0 Å². The molecule has 2 heteroatoms. The molecule has 2 aromatic rings. The second-order valence-corrected chi connectivity index (χ2v) is 3.73. The monoisotopic (exact) mass is 199 g/mol. The molecule has 2 rings (SSSR count). The smallest absolute Gasteiger partial charge is 0.221 e. The van der Waals surface area contributed by atoms with E-state index in [1.54, 1.807) is 0 Å². The summed E-state index contributed by atoms with van der Waals surface area (Å²) in [4.78, 5) is 10.9. The molecule has 0 saturated heterocycles. The lowest BCUT2D eigenvalue weighted by molar-refractivity contribution is -0.117. The lowest BCUT2D eigenvalue weighted by Gasteiger charge is -2.07. The van der Waals surface area contributed by atoms with E-state index in [2.05, 4.69) is 13.0 Å². The molecule has 2 nitrogen and oxygen atoms in total. The Morgan fingerprint density at radius 3 is 2.47 bits per heavy atom. The van der Waals surface area contributed by atoms with Crippen molar-refractivity contribution in [3.63, 3.8) is 0 Å². The Morgan fingerprint density at radius 1 is 1.13 bits per heavy atom. The number of primary amides is 1. The van der Waals surface area contributed by atoms with Crippen LogP contribution in [-0.2, 0) is 11.2 Å². The van der Waals surface area contributed by atoms with Crippen molar-refractivity contribution in [1.29, 1.82) is 0 Å². The summed E-state index contributed by atoms with van der Waals surface area (Å²) < 4.78 is 0. The van der Waals surface area contributed by atoms with Crippen LogP contribution >= 0.6 is 0 Å². The number of carbonyl (C=O) groups is 1. The zero-order valence-corrected chi connectivity index (χ0v) is 8.66. The highest BCUT2D eigenvalue weighted by molar-refractivity contribution is 5.91. The predicted molar refractivity (Wildman–Crippen MR) is 61.6 cm³/mol. The van der Waals surface area contributed by atoms with E-state index < -0.39 is 0 Å². The van der Waals surface area contributed by atoms with Crippen LogP contribution in [0.3, 0.4) is 0 Å². The molecule has 0 aromatic heterocycles. The van der Waals surface area contributed by atoms with Crippen LogP contribution in [-0.4, -0.2) is 5.91 Å². The van der Waals surface area contributed by atoms with Crippen molar-refractivity contribution >= 4 is 16.7 Å². The van der Waals surface area contributed by atoms with E-state index in [0.29, 0.717) is 6.42 Å². The van der Waals surface area contributed by atoms with Crippen LogP contribution < -0.4 is 5.73 Å². The van der Waals surface area contributed by atoms with Crippen LogP contribution in [0.1, 0.15) is 11.1 Å². The van der Waals surface area contributed by atoms with Crippen LogP contribution in [0.5, 0.6) is 0 Å². The minimum atomic E-state index is -0.288. The van der Waals surface area contributed by atoms with Gasteiger partial charge in [0.2, 0.25) is 5.91 Å². The Hall–Kier alpha value is -1.83. The molecule has 0 unspecified atom stereocenters. The predicted octanol–water partition coefficient (Wildman–Crippen LogP) is 2.18. The number of nitrogens with two attached hydrogens (primary N) is 1. The Bertz CT molecular complexity index is 517. The Morgan fingerprint density at radius 2 is 1.80 bits per heavy atom. The summed E-state index contributed by atoms with van der Waals surface area (Å²) >= 11 is 0. The molecule has 2 N–H and O–H groups in total. The molecule has 0 saturated carbocycles. The van der Waals surface area contributed by atoms with Crippen LogP contribution in [0.2, 0.25) is 0 Å². The van der Waals surface area contributed by atoms with Gasteiger partial charge in [0.25, 0.3) is 0 Å². The largest absolute Gasteiger partial charge is 0.369 e. The highest BCUT2D eigenvalue weighted by atomic mass is 16.1. The normalized spacial score (nSPS) is 10.5. The molecule has 2 aromatic carbocycles. The SMILES string of the molecule is Cc1ccc(CC(N)=O)c2ccccc12. The highest BCUT2D eigenvalue weighted by Crippen LogP contribution is 2.22. The van der Waals surface area contributed by atoms with Gasteiger partial charge in [-0.2, -0.15) is 0 Å². The lowest BCUT2D eigenvalue weighted by atomic mass is 9.98. The summed E-state index contributed by atoms with van der Waals surface area (Å²) in [6, 6.07) is 12.1. The number of carbonyl (C=O) groups excluding carboxylic acids is 1. The van der Waals surface area contributed by atoms with Gasteiger partial charge in [0.1, 0.15) is 0 Å². The molecular formula is C13H13NO. The molecule has 0 atom stereocenters. The molecule has 0 heterocycles. The van der Waals surface area contributed by atoms with E-state index in [4.69, 9.17) is 5.73 Å². The van der Waals surface area contributed by atoms with Gasteiger partial charge in [-0.3, -0.25) is 4.79 Å². The molecule has 0 aliphatic rings. The van der Waals surface area contributed by atoms with Crippen molar-refractivity contribution in [3.8, 4) is 0 Å². The Labute approximate surface area is 88.7 Å². The molecule has 0 aliphatic carbocycles. The Balaban J connectivity index is 2.66. The van der Waals surface area contributed by atoms with E-state index in [0.717, 1.165) is 10.9 Å². The summed E-state index contributed by atoms with van der Waals surface area (Å²) in [5, 5.41) is 2.31. The minimum Gasteiger partial charge on any atom is -0.369 e. The molecule has 76 valence electrons. The average molecular weight is 199 g/mol. The number of hydrogen-bond donors (Lipinski definition) is 1. The molecule has 0 fully saturated rings. The summed E-state index contributed by atoms with van der Waals surface area (Å²) in [7, 11) is 0. The third-order valence-electron chi connectivity index (χ3n) is 2.60. The van der Waals surface area contributed by atoms with Crippen LogP contribution in [0.25, 0.3) is 10.8 Å². The topological polar surface area (TPSA) is 43.1 Å².